The fourth-order valence-electron chi connectivity index (χ4n) is 2.64. The number of hydrogen-bond donors (Lipinski definition) is 1. The van der Waals surface area contributed by atoms with Crippen LogP contribution in [0.2, 0.25) is 0 Å². The van der Waals surface area contributed by atoms with Gasteiger partial charge in [0.15, 0.2) is 0 Å². The Kier molecular flexibility index (Phi) is 4.66. The summed E-state index contributed by atoms with van der Waals surface area (Å²) in [5, 5.41) is 0.514. The molecule has 1 saturated carbocycles. The van der Waals surface area contributed by atoms with Crippen molar-refractivity contribution in [1.29, 1.82) is 0 Å². The molecule has 3 nitrogen and oxygen atoms in total. The number of rotatable bonds is 4. The summed E-state index contributed by atoms with van der Waals surface area (Å²) < 4.78 is 10.9. The van der Waals surface area contributed by atoms with Gasteiger partial charge in [0.25, 0.3) is 0 Å². The molecule has 0 aromatic carbocycles. The van der Waals surface area contributed by atoms with Crippen LogP contribution in [0.25, 0.3) is 0 Å². The standard InChI is InChI=1S/C12H20O3S2/c1-2-14-11(13)5-9-3-4-12(6-9)15-7-10(8-16)17-12/h9-10,16H,2-8H2,1H3. The van der Waals surface area contributed by atoms with Gasteiger partial charge in [-0.05, 0) is 32.1 Å². The zero-order valence-electron chi connectivity index (χ0n) is 10.2. The summed E-state index contributed by atoms with van der Waals surface area (Å²) in [7, 11) is 0. The molecule has 0 aromatic rings. The zero-order valence-corrected chi connectivity index (χ0v) is 11.9. The van der Waals surface area contributed by atoms with Crippen molar-refractivity contribution >= 4 is 30.4 Å². The average Bonchev–Trinajstić information content (AvgIpc) is 2.87. The highest BCUT2D eigenvalue weighted by Gasteiger charge is 2.46. The Labute approximate surface area is 112 Å². The van der Waals surface area contributed by atoms with Crippen molar-refractivity contribution in [3.05, 3.63) is 0 Å². The predicted molar refractivity (Wildman–Crippen MR) is 72.5 cm³/mol. The Morgan fingerprint density at radius 2 is 2.47 bits per heavy atom. The summed E-state index contributed by atoms with van der Waals surface area (Å²) in [5.41, 5.74) is 0. The number of carbonyl (C=O) groups excluding carboxylic acids is 1. The molecule has 1 spiro atoms. The minimum Gasteiger partial charge on any atom is -0.466 e. The summed E-state index contributed by atoms with van der Waals surface area (Å²) in [6.07, 6.45) is 3.67. The van der Waals surface area contributed by atoms with E-state index in [-0.39, 0.29) is 10.9 Å². The molecule has 3 unspecified atom stereocenters. The topological polar surface area (TPSA) is 35.5 Å². The van der Waals surface area contributed by atoms with E-state index in [1.54, 1.807) is 0 Å². The molecule has 1 aliphatic carbocycles. The highest BCUT2D eigenvalue weighted by Crippen LogP contribution is 2.51. The maximum Gasteiger partial charge on any atom is 0.306 e. The van der Waals surface area contributed by atoms with Crippen LogP contribution in [-0.2, 0) is 14.3 Å². The molecule has 1 saturated heterocycles. The van der Waals surface area contributed by atoms with Gasteiger partial charge >= 0.3 is 5.97 Å². The maximum atomic E-state index is 11.4. The third-order valence-corrected chi connectivity index (χ3v) is 5.65. The lowest BCUT2D eigenvalue weighted by atomic mass is 10.0. The molecule has 0 radical (unpaired) electrons. The van der Waals surface area contributed by atoms with Gasteiger partial charge in [0.05, 0.1) is 13.2 Å². The van der Waals surface area contributed by atoms with Crippen molar-refractivity contribution in [2.75, 3.05) is 19.0 Å². The molecule has 0 aromatic heterocycles. The normalized spacial score (nSPS) is 36.6. The first-order valence-corrected chi connectivity index (χ1v) is 7.77. The molecular formula is C12H20O3S2. The molecule has 5 heteroatoms. The van der Waals surface area contributed by atoms with E-state index in [1.165, 1.54) is 0 Å². The molecule has 0 bridgehead atoms. The number of carbonyl (C=O) groups is 1. The monoisotopic (exact) mass is 276 g/mol. The highest BCUT2D eigenvalue weighted by molar-refractivity contribution is 8.02. The van der Waals surface area contributed by atoms with Crippen molar-refractivity contribution in [2.24, 2.45) is 5.92 Å². The third-order valence-electron chi connectivity index (χ3n) is 3.41. The van der Waals surface area contributed by atoms with Gasteiger partial charge in [-0.15, -0.1) is 11.8 Å². The van der Waals surface area contributed by atoms with Gasteiger partial charge in [0.2, 0.25) is 0 Å². The van der Waals surface area contributed by atoms with E-state index in [0.717, 1.165) is 31.6 Å². The van der Waals surface area contributed by atoms with Crippen molar-refractivity contribution in [1.82, 2.24) is 0 Å². The lowest BCUT2D eigenvalue weighted by Gasteiger charge is -2.21. The number of hydrogen-bond acceptors (Lipinski definition) is 5. The Balaban J connectivity index is 1.81. The van der Waals surface area contributed by atoms with E-state index >= 15 is 0 Å². The minimum atomic E-state index is -0.0664. The molecule has 2 fully saturated rings. The average molecular weight is 276 g/mol. The predicted octanol–water partition coefficient (Wildman–Crippen LogP) is 2.50. The maximum absolute atomic E-state index is 11.4. The van der Waals surface area contributed by atoms with E-state index in [2.05, 4.69) is 12.6 Å². The van der Waals surface area contributed by atoms with Crippen LogP contribution in [0.15, 0.2) is 0 Å². The quantitative estimate of drug-likeness (QED) is 0.632. The summed E-state index contributed by atoms with van der Waals surface area (Å²) >= 11 is 6.24. The number of thiol groups is 1. The molecule has 3 atom stereocenters. The van der Waals surface area contributed by atoms with Crippen molar-refractivity contribution in [3.8, 4) is 0 Å². The van der Waals surface area contributed by atoms with Crippen LogP contribution in [0, 0.1) is 5.92 Å². The van der Waals surface area contributed by atoms with E-state index in [0.29, 0.717) is 24.2 Å². The van der Waals surface area contributed by atoms with E-state index < -0.39 is 0 Å². The van der Waals surface area contributed by atoms with Gasteiger partial charge < -0.3 is 9.47 Å². The number of esters is 1. The molecule has 2 rings (SSSR count). The molecule has 1 heterocycles. The molecule has 2 aliphatic rings. The highest BCUT2D eigenvalue weighted by atomic mass is 32.2. The molecule has 0 amide bonds. The molecule has 17 heavy (non-hydrogen) atoms. The number of ether oxygens (including phenoxy) is 2. The third kappa shape index (κ3) is 3.32. The first kappa shape index (κ1) is 13.6. The van der Waals surface area contributed by atoms with Gasteiger partial charge in [0, 0.05) is 17.4 Å². The van der Waals surface area contributed by atoms with E-state index in [4.69, 9.17) is 9.47 Å². The summed E-state index contributed by atoms with van der Waals surface area (Å²) in [4.78, 5) is 11.4. The van der Waals surface area contributed by atoms with Crippen LogP contribution in [-0.4, -0.2) is 35.1 Å². The Bertz CT molecular complexity index is 285. The second kappa shape index (κ2) is 5.85. The van der Waals surface area contributed by atoms with Crippen LogP contribution in [0.5, 0.6) is 0 Å². The molecule has 1 aliphatic heterocycles. The largest absolute Gasteiger partial charge is 0.466 e. The summed E-state index contributed by atoms with van der Waals surface area (Å²) in [6, 6.07) is 0. The van der Waals surface area contributed by atoms with Crippen LogP contribution in [0.3, 0.4) is 0 Å². The minimum absolute atomic E-state index is 0.0233. The van der Waals surface area contributed by atoms with Crippen LogP contribution in [0.4, 0.5) is 0 Å². The fraction of sp³-hybridized carbons (Fsp3) is 0.917. The van der Waals surface area contributed by atoms with E-state index in [9.17, 15) is 4.79 Å². The van der Waals surface area contributed by atoms with E-state index in [1.807, 2.05) is 18.7 Å². The lowest BCUT2D eigenvalue weighted by molar-refractivity contribution is -0.144. The van der Waals surface area contributed by atoms with Crippen molar-refractivity contribution in [2.45, 2.75) is 42.8 Å². The van der Waals surface area contributed by atoms with Gasteiger partial charge in [-0.3, -0.25) is 4.79 Å². The summed E-state index contributed by atoms with van der Waals surface area (Å²) in [6.45, 7) is 3.13. The van der Waals surface area contributed by atoms with Gasteiger partial charge in [0.1, 0.15) is 4.93 Å². The van der Waals surface area contributed by atoms with Crippen molar-refractivity contribution < 1.29 is 14.3 Å². The van der Waals surface area contributed by atoms with Gasteiger partial charge in [-0.25, -0.2) is 0 Å². The Morgan fingerprint density at radius 1 is 1.65 bits per heavy atom. The Morgan fingerprint density at radius 3 is 3.12 bits per heavy atom. The second-order valence-electron chi connectivity index (χ2n) is 4.76. The van der Waals surface area contributed by atoms with Crippen LogP contribution >= 0.6 is 24.4 Å². The first-order chi connectivity index (χ1) is 8.17. The SMILES string of the molecule is CCOC(=O)CC1CCC2(C1)OCC(CS)S2. The zero-order chi connectivity index (χ0) is 12.3. The van der Waals surface area contributed by atoms with Crippen molar-refractivity contribution in [3.63, 3.8) is 0 Å². The summed E-state index contributed by atoms with van der Waals surface area (Å²) in [5.74, 6) is 1.23. The number of thioether (sulfide) groups is 1. The van der Waals surface area contributed by atoms with Gasteiger partial charge in [-0.2, -0.15) is 12.6 Å². The lowest BCUT2D eigenvalue weighted by Crippen LogP contribution is -2.20. The first-order valence-electron chi connectivity index (χ1n) is 6.25. The smallest absolute Gasteiger partial charge is 0.306 e. The van der Waals surface area contributed by atoms with Crippen LogP contribution < -0.4 is 0 Å². The fourth-order valence-corrected chi connectivity index (χ4v) is 4.49. The van der Waals surface area contributed by atoms with Gasteiger partial charge in [-0.1, -0.05) is 0 Å². The molecule has 0 N–H and O–H groups in total. The van der Waals surface area contributed by atoms with Crippen LogP contribution in [0.1, 0.15) is 32.6 Å². The molecule has 98 valence electrons. The molecular weight excluding hydrogens is 256 g/mol. The second-order valence-corrected chi connectivity index (χ2v) is 6.77. The Hall–Kier alpha value is 0.130.